The number of hydrogen-bond donors (Lipinski definition) is 2. The van der Waals surface area contributed by atoms with E-state index in [1.165, 1.54) is 6.07 Å². The molecule has 3 amide bonds. The highest BCUT2D eigenvalue weighted by atomic mass is 19.1. The summed E-state index contributed by atoms with van der Waals surface area (Å²) in [5, 5.41) is 7.59. The third-order valence-corrected chi connectivity index (χ3v) is 8.10. The van der Waals surface area contributed by atoms with E-state index in [0.29, 0.717) is 57.1 Å². The van der Waals surface area contributed by atoms with Gasteiger partial charge in [0.2, 0.25) is 5.91 Å². The van der Waals surface area contributed by atoms with Gasteiger partial charge in [-0.1, -0.05) is 24.3 Å². The molecule has 9 heteroatoms. The fraction of sp³-hybridized carbons (Fsp3) is 0.500. The maximum atomic E-state index is 14.8. The van der Waals surface area contributed by atoms with E-state index in [4.69, 9.17) is 0 Å². The Hall–Kier alpha value is -3.33. The van der Waals surface area contributed by atoms with E-state index in [0.717, 1.165) is 37.1 Å². The van der Waals surface area contributed by atoms with Crippen molar-refractivity contribution in [3.05, 3.63) is 58.9 Å². The van der Waals surface area contributed by atoms with Gasteiger partial charge in [-0.3, -0.25) is 14.4 Å². The molecule has 0 spiro atoms. The van der Waals surface area contributed by atoms with Crippen LogP contribution in [0.25, 0.3) is 0 Å². The first-order valence-corrected chi connectivity index (χ1v) is 13.2. The molecule has 1 unspecified atom stereocenters. The van der Waals surface area contributed by atoms with Crippen LogP contribution in [0.1, 0.15) is 48.5 Å². The number of nitrogens with zero attached hydrogens (tertiary/aromatic N) is 3. The molecule has 37 heavy (non-hydrogen) atoms. The quantitative estimate of drug-likeness (QED) is 0.640. The minimum atomic E-state index is -0.685. The number of halogens is 1. The van der Waals surface area contributed by atoms with Crippen LogP contribution in [0.2, 0.25) is 0 Å². The van der Waals surface area contributed by atoms with Crippen molar-refractivity contribution >= 4 is 23.4 Å². The summed E-state index contributed by atoms with van der Waals surface area (Å²) in [5.74, 6) is -0.512. The number of benzene rings is 1. The second-order valence-electron chi connectivity index (χ2n) is 10.6. The van der Waals surface area contributed by atoms with Crippen LogP contribution in [-0.2, 0) is 16.0 Å². The molecule has 0 aromatic heterocycles. The second kappa shape index (κ2) is 10.6. The van der Waals surface area contributed by atoms with Gasteiger partial charge in [0, 0.05) is 39.0 Å². The standard InChI is InChI=1S/C28H34FN5O3/c1-28-9-3-2-4-22(28)24(31-32-27(28)37)17-20-5-6-23(29)21(16-20)26(36)34-14-12-33(13-15-34)25(35)18-19-7-10-30-11-8-19/h2-6,16,19,30H,7-15,17-18H2,1H3,(H,32,37). The van der Waals surface area contributed by atoms with Crippen molar-refractivity contribution in [2.45, 2.75) is 39.0 Å². The predicted molar refractivity (Wildman–Crippen MR) is 138 cm³/mol. The van der Waals surface area contributed by atoms with Gasteiger partial charge in [0.05, 0.1) is 16.7 Å². The van der Waals surface area contributed by atoms with Crippen molar-refractivity contribution < 1.29 is 18.8 Å². The Labute approximate surface area is 216 Å². The summed E-state index contributed by atoms with van der Waals surface area (Å²) in [5.41, 5.74) is 4.26. The second-order valence-corrected chi connectivity index (χ2v) is 10.6. The van der Waals surface area contributed by atoms with Gasteiger partial charge in [-0.15, -0.1) is 0 Å². The molecule has 2 fully saturated rings. The minimum absolute atomic E-state index is 0.0210. The van der Waals surface area contributed by atoms with Crippen LogP contribution < -0.4 is 10.7 Å². The third kappa shape index (κ3) is 5.23. The largest absolute Gasteiger partial charge is 0.339 e. The zero-order valence-corrected chi connectivity index (χ0v) is 21.3. The molecule has 1 aliphatic carbocycles. The van der Waals surface area contributed by atoms with Crippen LogP contribution >= 0.6 is 0 Å². The maximum absolute atomic E-state index is 14.8. The molecule has 2 saturated heterocycles. The van der Waals surface area contributed by atoms with E-state index in [2.05, 4.69) is 15.8 Å². The average Bonchev–Trinajstić information content (AvgIpc) is 2.92. The molecular weight excluding hydrogens is 473 g/mol. The van der Waals surface area contributed by atoms with Gasteiger partial charge in [0.15, 0.2) is 0 Å². The van der Waals surface area contributed by atoms with Gasteiger partial charge in [0.1, 0.15) is 5.82 Å². The Morgan fingerprint density at radius 2 is 1.86 bits per heavy atom. The smallest absolute Gasteiger partial charge is 0.256 e. The maximum Gasteiger partial charge on any atom is 0.256 e. The summed E-state index contributed by atoms with van der Waals surface area (Å²) >= 11 is 0. The fourth-order valence-electron chi connectivity index (χ4n) is 5.66. The van der Waals surface area contributed by atoms with Crippen LogP contribution in [0.5, 0.6) is 0 Å². The van der Waals surface area contributed by atoms with Gasteiger partial charge < -0.3 is 15.1 Å². The number of amides is 3. The van der Waals surface area contributed by atoms with Crippen LogP contribution in [0, 0.1) is 17.2 Å². The number of piperidine rings is 1. The number of rotatable bonds is 5. The Morgan fingerprint density at radius 1 is 1.14 bits per heavy atom. The molecule has 196 valence electrons. The molecule has 1 aromatic carbocycles. The van der Waals surface area contributed by atoms with E-state index in [9.17, 15) is 18.8 Å². The zero-order chi connectivity index (χ0) is 26.0. The number of hydrogen-bond acceptors (Lipinski definition) is 5. The van der Waals surface area contributed by atoms with Gasteiger partial charge in [-0.25, -0.2) is 9.82 Å². The van der Waals surface area contributed by atoms with E-state index in [1.54, 1.807) is 17.0 Å². The first-order chi connectivity index (χ1) is 17.8. The lowest BCUT2D eigenvalue weighted by Gasteiger charge is -2.36. The summed E-state index contributed by atoms with van der Waals surface area (Å²) in [4.78, 5) is 41.9. The summed E-state index contributed by atoms with van der Waals surface area (Å²) < 4.78 is 14.8. The Balaban J connectivity index is 1.23. The summed E-state index contributed by atoms with van der Waals surface area (Å²) in [7, 11) is 0. The van der Waals surface area contributed by atoms with E-state index in [1.807, 2.05) is 30.1 Å². The van der Waals surface area contributed by atoms with Crippen LogP contribution in [0.3, 0.4) is 0 Å². The molecular formula is C28H34FN5O3. The topological polar surface area (TPSA) is 94.1 Å². The number of hydrazone groups is 1. The van der Waals surface area contributed by atoms with E-state index >= 15 is 0 Å². The lowest BCUT2D eigenvalue weighted by Crippen LogP contribution is -2.51. The predicted octanol–water partition coefficient (Wildman–Crippen LogP) is 2.42. The van der Waals surface area contributed by atoms with Gasteiger partial charge in [-0.05, 0) is 68.5 Å². The van der Waals surface area contributed by atoms with Gasteiger partial charge >= 0.3 is 0 Å². The Kier molecular flexibility index (Phi) is 7.24. The molecule has 4 aliphatic rings. The van der Waals surface area contributed by atoms with E-state index < -0.39 is 11.2 Å². The van der Waals surface area contributed by atoms with Crippen LogP contribution in [0.4, 0.5) is 4.39 Å². The fourth-order valence-corrected chi connectivity index (χ4v) is 5.66. The SMILES string of the molecule is CC12CC=CC=C1C(Cc1ccc(F)c(C(=O)N3CCN(C(=O)CC4CCNCC4)CC3)c1)=NNC2=O. The molecule has 5 rings (SSSR count). The molecule has 1 aromatic rings. The summed E-state index contributed by atoms with van der Waals surface area (Å²) in [6, 6.07) is 4.55. The van der Waals surface area contributed by atoms with Crippen LogP contribution in [0.15, 0.2) is 47.1 Å². The van der Waals surface area contributed by atoms with Gasteiger partial charge in [-0.2, -0.15) is 5.10 Å². The molecule has 0 radical (unpaired) electrons. The zero-order valence-electron chi connectivity index (χ0n) is 21.3. The number of allylic oxidation sites excluding steroid dienone is 3. The number of carbonyl (C=O) groups excluding carboxylic acids is 3. The Morgan fingerprint density at radius 3 is 2.62 bits per heavy atom. The lowest BCUT2D eigenvalue weighted by molar-refractivity contribution is -0.134. The first-order valence-electron chi connectivity index (χ1n) is 13.2. The molecule has 3 aliphatic heterocycles. The highest BCUT2D eigenvalue weighted by molar-refractivity contribution is 6.11. The van der Waals surface area contributed by atoms with Crippen LogP contribution in [-0.4, -0.2) is 72.5 Å². The van der Waals surface area contributed by atoms with Crippen molar-refractivity contribution in [1.82, 2.24) is 20.5 Å². The number of carbonyl (C=O) groups is 3. The first kappa shape index (κ1) is 25.3. The average molecular weight is 508 g/mol. The number of nitrogens with one attached hydrogen (secondary N) is 2. The molecule has 2 N–H and O–H groups in total. The molecule has 0 bridgehead atoms. The van der Waals surface area contributed by atoms with Crippen molar-refractivity contribution in [3.63, 3.8) is 0 Å². The van der Waals surface area contributed by atoms with Crippen molar-refractivity contribution in [2.75, 3.05) is 39.3 Å². The highest BCUT2D eigenvalue weighted by Gasteiger charge is 2.42. The van der Waals surface area contributed by atoms with Crippen molar-refractivity contribution in [3.8, 4) is 0 Å². The number of piperazine rings is 1. The molecule has 8 nitrogen and oxygen atoms in total. The van der Waals surface area contributed by atoms with E-state index in [-0.39, 0.29) is 23.3 Å². The third-order valence-electron chi connectivity index (χ3n) is 8.10. The molecule has 3 heterocycles. The monoisotopic (exact) mass is 507 g/mol. The van der Waals surface area contributed by atoms with Crippen molar-refractivity contribution in [2.24, 2.45) is 16.4 Å². The Bertz CT molecular complexity index is 1180. The normalized spacial score (nSPS) is 24.2. The summed E-state index contributed by atoms with van der Waals surface area (Å²) in [6.07, 6.45) is 9.34. The molecule has 1 atom stereocenters. The highest BCUT2D eigenvalue weighted by Crippen LogP contribution is 2.38. The minimum Gasteiger partial charge on any atom is -0.339 e. The number of fused-ring (bicyclic) bond motifs is 1. The lowest BCUT2D eigenvalue weighted by atomic mass is 9.72. The summed E-state index contributed by atoms with van der Waals surface area (Å²) in [6.45, 7) is 5.51. The van der Waals surface area contributed by atoms with Crippen molar-refractivity contribution in [1.29, 1.82) is 0 Å². The van der Waals surface area contributed by atoms with Gasteiger partial charge in [0.25, 0.3) is 11.8 Å². The molecule has 0 saturated carbocycles.